The average Bonchev–Trinajstić information content (AvgIpc) is 0.904. The molecule has 0 radical (unpaired) electrons. The third-order valence-electron chi connectivity index (χ3n) is 19.8. The smallest absolute Gasteiger partial charge is 0.335 e. The van der Waals surface area contributed by atoms with Gasteiger partial charge in [-0.15, -0.1) is 0 Å². The first-order valence-corrected chi connectivity index (χ1v) is 44.9. The Morgan fingerprint density at radius 2 is 0.724 bits per heavy atom. The van der Waals surface area contributed by atoms with E-state index in [-0.39, 0.29) is 232 Å². The second-order valence-corrected chi connectivity index (χ2v) is 32.0. The molecule has 724 valence electrons. The second-order valence-electron chi connectivity index (χ2n) is 32.0. The summed E-state index contributed by atoms with van der Waals surface area (Å²) in [6, 6.07) is 11.0. The van der Waals surface area contributed by atoms with E-state index < -0.39 is 41.9 Å². The van der Waals surface area contributed by atoms with Crippen LogP contribution in [0.2, 0.25) is 0 Å². The van der Waals surface area contributed by atoms with Gasteiger partial charge in [-0.25, -0.2) is 14.4 Å². The lowest BCUT2D eigenvalue weighted by Gasteiger charge is -2.14. The van der Waals surface area contributed by atoms with Gasteiger partial charge in [0.05, 0.1) is 102 Å². The van der Waals surface area contributed by atoms with Crippen molar-refractivity contribution < 1.29 is 141 Å². The summed E-state index contributed by atoms with van der Waals surface area (Å²) < 4.78 is 54.1. The molecule has 0 fully saturated rings. The molecule has 0 aliphatic rings. The number of nitrogens with one attached hydrogen (secondary N) is 5. The molecule has 0 aromatic heterocycles. The van der Waals surface area contributed by atoms with Crippen LogP contribution in [0.25, 0.3) is 0 Å². The van der Waals surface area contributed by atoms with Crippen LogP contribution >= 0.6 is 0 Å². The van der Waals surface area contributed by atoms with Gasteiger partial charge >= 0.3 is 23.9 Å². The Morgan fingerprint density at radius 1 is 0.346 bits per heavy atom. The number of carboxylic acid groups (broad SMARTS) is 4. The number of Topliss-reactive ketones (excluding diaryl/α,β-unsaturated/α-hetero) is 6. The van der Waals surface area contributed by atoms with Crippen LogP contribution < -0.4 is 41.8 Å². The standard InChI is InChI=1S/2C43H69N3O14.C6H12O.H/c1-33(34(2)47)13-9-10-22-44-40(50)31-59-30-28-57-26-23-45-41(51)32-58-29-27-56-24-12-14-36(48)18-21-38(43(54)55)46-39(49)15-8-6-4-3-5-7-11-25-60-37-19-16-35(17-20-37)42(52)53;1-33(47)39(44)14-8-9-21-45-41(51)32-59-29-26-56-23-11-13-37(49)31-58-28-27-57-25-22-46-40(50)20-17-35(43(54)55)30-36(48)12-7-5-3-2-4-6-10-24-60-38-18-15-34(16-19-38)42(52)53;1-5(7)6(2,3)4;/h16-17,19-20,33,38H,3-15,18,21-32H2,1-2H3,(H,44,50)(H,45,51)(H,46,49)(H,52,53)(H,54,55);15-16,18-19,35,39H,2-14,17,20-32,44H2,1H3,(H,45,51)(H,46,50)(H,52,53)(H,54,55);1-4H3;/q;;;-1/t33-,38-;35-,39?;;/m01../s1. The Hall–Kier alpha value is -9.07. The molecule has 35 nitrogen and oxygen atoms in total. The molecule has 2 rings (SSSR count). The lowest BCUT2D eigenvalue weighted by atomic mass is 9.92. The Kier molecular flexibility index (Phi) is 72.4. The minimum absolute atomic E-state index is 0. The molecular formula is C92H151N6O29-. The number of aromatic carboxylic acids is 2. The Labute approximate surface area is 751 Å². The number of rotatable bonds is 81. The summed E-state index contributed by atoms with van der Waals surface area (Å²) in [4.78, 5) is 175. The maximum Gasteiger partial charge on any atom is 0.335 e. The van der Waals surface area contributed by atoms with E-state index in [0.717, 1.165) is 109 Å². The van der Waals surface area contributed by atoms with Crippen molar-refractivity contribution >= 4 is 88.1 Å². The van der Waals surface area contributed by atoms with Gasteiger partial charge in [-0.1, -0.05) is 98.3 Å². The number of unbranched alkanes of at least 4 members (excludes halogenated alkanes) is 14. The van der Waals surface area contributed by atoms with Gasteiger partial charge in [0.1, 0.15) is 72.9 Å². The van der Waals surface area contributed by atoms with Crippen LogP contribution in [0, 0.1) is 17.3 Å². The topological polar surface area (TPSA) is 515 Å². The minimum Gasteiger partial charge on any atom is -1.00 e. The minimum atomic E-state index is -1.18. The van der Waals surface area contributed by atoms with Gasteiger partial charge in [0, 0.05) is 95.7 Å². The highest BCUT2D eigenvalue weighted by Crippen LogP contribution is 2.20. The third-order valence-corrected chi connectivity index (χ3v) is 19.8. The predicted molar refractivity (Wildman–Crippen MR) is 475 cm³/mol. The third kappa shape index (κ3) is 73.5. The molecule has 0 heterocycles. The molecule has 127 heavy (non-hydrogen) atoms. The number of ether oxygens (including phenoxy) is 10. The van der Waals surface area contributed by atoms with Gasteiger partial charge in [0.15, 0.2) is 5.78 Å². The molecule has 4 atom stereocenters. The van der Waals surface area contributed by atoms with E-state index in [1.165, 1.54) is 31.2 Å². The number of carbonyl (C=O) groups is 15. The molecule has 0 bridgehead atoms. The quantitative estimate of drug-likeness (QED) is 0.0275. The van der Waals surface area contributed by atoms with Crippen LogP contribution in [0.4, 0.5) is 0 Å². The number of nitrogens with two attached hydrogens (primary N) is 1. The van der Waals surface area contributed by atoms with E-state index in [9.17, 15) is 82.1 Å². The van der Waals surface area contributed by atoms with Crippen molar-refractivity contribution in [3.63, 3.8) is 0 Å². The molecule has 0 spiro atoms. The van der Waals surface area contributed by atoms with Crippen LogP contribution in [0.15, 0.2) is 48.5 Å². The molecular weight excluding hydrogens is 1650 g/mol. The van der Waals surface area contributed by atoms with Crippen LogP contribution in [-0.2, 0) is 100 Å². The number of aliphatic carboxylic acids is 2. The van der Waals surface area contributed by atoms with Crippen LogP contribution in [0.3, 0.4) is 0 Å². The average molecular weight is 1810 g/mol. The van der Waals surface area contributed by atoms with Gasteiger partial charge < -0.3 is 102 Å². The first-order valence-electron chi connectivity index (χ1n) is 44.9. The zero-order valence-electron chi connectivity index (χ0n) is 77.5. The fourth-order valence-electron chi connectivity index (χ4n) is 11.4. The summed E-state index contributed by atoms with van der Waals surface area (Å²) in [5, 5.41) is 50.4. The lowest BCUT2D eigenvalue weighted by molar-refractivity contribution is -0.144. The van der Waals surface area contributed by atoms with Gasteiger partial charge in [-0.2, -0.15) is 0 Å². The number of hydrogen-bond acceptors (Lipinski definition) is 26. The highest BCUT2D eigenvalue weighted by atomic mass is 16.5. The maximum atomic E-state index is 12.4. The van der Waals surface area contributed by atoms with Gasteiger partial charge in [-0.3, -0.25) is 57.5 Å². The Balaban J connectivity index is 0. The molecule has 35 heteroatoms. The summed E-state index contributed by atoms with van der Waals surface area (Å²) in [5.74, 6) is -5.14. The van der Waals surface area contributed by atoms with Gasteiger partial charge in [0.2, 0.25) is 29.5 Å². The fraction of sp³-hybridized carbons (Fsp3) is 0.707. The highest BCUT2D eigenvalue weighted by molar-refractivity contribution is 5.89. The monoisotopic (exact) mass is 1800 g/mol. The molecule has 2 aromatic carbocycles. The molecule has 1 unspecified atom stereocenters. The van der Waals surface area contributed by atoms with Crippen molar-refractivity contribution in [1.29, 1.82) is 0 Å². The van der Waals surface area contributed by atoms with Crippen molar-refractivity contribution in [1.82, 2.24) is 26.6 Å². The maximum absolute atomic E-state index is 12.4. The van der Waals surface area contributed by atoms with E-state index in [4.69, 9.17) is 63.3 Å². The number of carbonyl (C=O) groups excluding carboxylic acids is 11. The second kappa shape index (κ2) is 78.0. The zero-order valence-corrected chi connectivity index (χ0v) is 76.5. The first kappa shape index (κ1) is 118. The zero-order chi connectivity index (χ0) is 94.5. The SMILES string of the molecule is CC(=O)C(C)(C)C.CC(=O)C(N)CCCCNC(=O)COCCOCCCC(=O)COCCOCCNC(=O)CC[C@H](CC(=O)CCCCCCCCCOc1ccc(C(=O)O)cc1)C(=O)O.CC(=O)[C@@H](C)CCCCNC(=O)COCCOCCNC(=O)COCCOCCCC(=O)CC[C@H](NC(=O)CCCCCCCCCOc1ccc(C(=O)O)cc1)C(=O)O.[H-]. The van der Waals surface area contributed by atoms with Crippen LogP contribution in [0.1, 0.15) is 270 Å². The van der Waals surface area contributed by atoms with E-state index in [2.05, 4.69) is 26.6 Å². The van der Waals surface area contributed by atoms with Crippen molar-refractivity contribution in [2.75, 3.05) is 145 Å². The van der Waals surface area contributed by atoms with Gasteiger partial charge in [-0.05, 0) is 153 Å². The predicted octanol–water partition coefficient (Wildman–Crippen LogP) is 10.1. The number of carboxylic acids is 4. The molecule has 0 aliphatic carbocycles. The van der Waals surface area contributed by atoms with Gasteiger partial charge in [0.25, 0.3) is 0 Å². The fourth-order valence-corrected chi connectivity index (χ4v) is 11.4. The number of benzene rings is 2. The summed E-state index contributed by atoms with van der Waals surface area (Å²) in [7, 11) is 0. The van der Waals surface area contributed by atoms with E-state index >= 15 is 0 Å². The van der Waals surface area contributed by atoms with Crippen molar-refractivity contribution in [3.8, 4) is 11.5 Å². The largest absolute Gasteiger partial charge is 1.00 e. The number of ketones is 6. The summed E-state index contributed by atoms with van der Waals surface area (Å²) >= 11 is 0. The van der Waals surface area contributed by atoms with Crippen molar-refractivity contribution in [2.45, 2.75) is 260 Å². The van der Waals surface area contributed by atoms with Crippen LogP contribution in [-0.4, -0.2) is 266 Å². The number of hydrogen-bond donors (Lipinski definition) is 10. The molecule has 2 aromatic rings. The highest BCUT2D eigenvalue weighted by Gasteiger charge is 2.24. The molecule has 0 aliphatic heterocycles. The Bertz CT molecular complexity index is 3210. The Morgan fingerprint density at radius 3 is 1.14 bits per heavy atom. The molecule has 11 N–H and O–H groups in total. The molecule has 0 saturated heterocycles. The normalized spacial score (nSPS) is 12.0. The first-order chi connectivity index (χ1) is 60.7. The summed E-state index contributed by atoms with van der Waals surface area (Å²) in [6.07, 6.45) is 19.5. The van der Waals surface area contributed by atoms with Crippen molar-refractivity contribution in [3.05, 3.63) is 59.7 Å². The summed E-state index contributed by atoms with van der Waals surface area (Å²) in [5.41, 5.74) is 5.97. The van der Waals surface area contributed by atoms with Crippen LogP contribution in [0.5, 0.6) is 11.5 Å². The van der Waals surface area contributed by atoms with E-state index in [1.807, 2.05) is 27.7 Å². The molecule has 5 amide bonds. The summed E-state index contributed by atoms with van der Waals surface area (Å²) in [6.45, 7) is 17.7. The van der Waals surface area contributed by atoms with Crippen molar-refractivity contribution in [2.24, 2.45) is 23.0 Å². The van der Waals surface area contributed by atoms with E-state index in [1.54, 1.807) is 38.1 Å². The lowest BCUT2D eigenvalue weighted by Crippen LogP contribution is -2.41. The van der Waals surface area contributed by atoms with E-state index in [0.29, 0.717) is 103 Å². The number of amides is 5. The molecule has 0 saturated carbocycles.